The molecule has 0 bridgehead atoms. The van der Waals surface area contributed by atoms with Crippen molar-refractivity contribution in [2.45, 2.75) is 0 Å². The summed E-state index contributed by atoms with van der Waals surface area (Å²) in [6, 6.07) is 10.7. The third-order valence-electron chi connectivity index (χ3n) is 1.92. The fraction of sp³-hybridized carbons (Fsp3) is 0. The smallest absolute Gasteiger partial charge is 0.168 e. The van der Waals surface area contributed by atoms with Gasteiger partial charge in [0.25, 0.3) is 0 Å². The quantitative estimate of drug-likeness (QED) is 0.686. The maximum absolute atomic E-state index is 5.96. The normalized spacial score (nSPS) is 10.7. The molecule has 0 aliphatic carbocycles. The minimum absolute atomic E-state index is 0.339. The Morgan fingerprint density at radius 1 is 1.06 bits per heavy atom. The zero-order valence-corrected chi connectivity index (χ0v) is 10.2. The van der Waals surface area contributed by atoms with Crippen molar-refractivity contribution in [2.75, 3.05) is 5.43 Å². The van der Waals surface area contributed by atoms with Crippen LogP contribution in [0.2, 0.25) is 10.2 Å². The van der Waals surface area contributed by atoms with E-state index in [1.54, 1.807) is 24.4 Å². The number of hydrazone groups is 1. The van der Waals surface area contributed by atoms with Crippen molar-refractivity contribution in [3.8, 4) is 0 Å². The topological polar surface area (TPSA) is 50.2 Å². The number of anilines is 1. The second-order valence-corrected chi connectivity index (χ2v) is 3.93. The van der Waals surface area contributed by atoms with E-state index in [4.69, 9.17) is 23.2 Å². The Hall–Kier alpha value is -1.65. The second-order valence-electron chi connectivity index (χ2n) is 3.13. The molecule has 0 aliphatic rings. The molecular weight excluding hydrogens is 259 g/mol. The Kier molecular flexibility index (Phi) is 3.90. The average molecular weight is 267 g/mol. The van der Waals surface area contributed by atoms with E-state index in [1.165, 1.54) is 0 Å². The Morgan fingerprint density at radius 3 is 2.59 bits per heavy atom. The lowest BCUT2D eigenvalue weighted by atomic mass is 10.2. The van der Waals surface area contributed by atoms with Crippen LogP contribution in [0.15, 0.2) is 41.5 Å². The van der Waals surface area contributed by atoms with Crippen LogP contribution in [-0.2, 0) is 0 Å². The van der Waals surface area contributed by atoms with Crippen LogP contribution in [0.4, 0.5) is 5.82 Å². The van der Waals surface area contributed by atoms with Gasteiger partial charge in [0.2, 0.25) is 0 Å². The first-order valence-electron chi connectivity index (χ1n) is 4.78. The SMILES string of the molecule is Clc1ccc(NN=Cc2ccccc2Cl)nn1. The van der Waals surface area contributed by atoms with Gasteiger partial charge in [-0.15, -0.1) is 10.2 Å². The van der Waals surface area contributed by atoms with Crippen molar-refractivity contribution in [1.82, 2.24) is 10.2 Å². The molecule has 0 saturated heterocycles. The van der Waals surface area contributed by atoms with Crippen molar-refractivity contribution in [3.05, 3.63) is 52.1 Å². The van der Waals surface area contributed by atoms with Gasteiger partial charge in [0.1, 0.15) is 0 Å². The molecule has 0 atom stereocenters. The molecule has 2 rings (SSSR count). The van der Waals surface area contributed by atoms with Crippen LogP contribution in [0.3, 0.4) is 0 Å². The van der Waals surface area contributed by atoms with E-state index in [0.717, 1.165) is 5.56 Å². The standard InChI is InChI=1S/C11H8Cl2N4/c12-9-4-2-1-3-8(9)7-14-16-11-6-5-10(13)15-17-11/h1-7H,(H,16,17). The van der Waals surface area contributed by atoms with Gasteiger partial charge in [0.15, 0.2) is 11.0 Å². The summed E-state index contributed by atoms with van der Waals surface area (Å²) in [5.41, 5.74) is 3.55. The van der Waals surface area contributed by atoms with Gasteiger partial charge in [-0.3, -0.25) is 5.43 Å². The van der Waals surface area contributed by atoms with Crippen LogP contribution < -0.4 is 5.43 Å². The van der Waals surface area contributed by atoms with E-state index in [1.807, 2.05) is 18.2 Å². The molecule has 0 saturated carbocycles. The van der Waals surface area contributed by atoms with Gasteiger partial charge < -0.3 is 0 Å². The van der Waals surface area contributed by atoms with Crippen molar-refractivity contribution >= 4 is 35.2 Å². The van der Waals surface area contributed by atoms with Crippen molar-refractivity contribution in [2.24, 2.45) is 5.10 Å². The summed E-state index contributed by atoms with van der Waals surface area (Å²) >= 11 is 11.6. The number of hydrogen-bond acceptors (Lipinski definition) is 4. The highest BCUT2D eigenvalue weighted by Gasteiger charge is 1.95. The lowest BCUT2D eigenvalue weighted by molar-refractivity contribution is 1.02. The Bertz CT molecular complexity index is 525. The zero-order valence-electron chi connectivity index (χ0n) is 8.64. The number of nitrogens with one attached hydrogen (secondary N) is 1. The lowest BCUT2D eigenvalue weighted by Gasteiger charge is -1.98. The first-order chi connectivity index (χ1) is 8.25. The van der Waals surface area contributed by atoms with E-state index in [0.29, 0.717) is 16.0 Å². The fourth-order valence-electron chi connectivity index (χ4n) is 1.12. The van der Waals surface area contributed by atoms with E-state index >= 15 is 0 Å². The Morgan fingerprint density at radius 2 is 1.88 bits per heavy atom. The molecule has 0 unspecified atom stereocenters. The summed E-state index contributed by atoms with van der Waals surface area (Å²) in [5.74, 6) is 0.512. The van der Waals surface area contributed by atoms with Gasteiger partial charge in [0, 0.05) is 10.6 Å². The highest BCUT2D eigenvalue weighted by Crippen LogP contribution is 2.12. The molecule has 1 aromatic carbocycles. The molecule has 0 radical (unpaired) electrons. The molecule has 0 fully saturated rings. The van der Waals surface area contributed by atoms with Gasteiger partial charge in [-0.2, -0.15) is 5.10 Å². The average Bonchev–Trinajstić information content (AvgIpc) is 2.34. The van der Waals surface area contributed by atoms with Crippen molar-refractivity contribution < 1.29 is 0 Å². The summed E-state index contributed by atoms with van der Waals surface area (Å²) < 4.78 is 0. The van der Waals surface area contributed by atoms with E-state index in [-0.39, 0.29) is 0 Å². The summed E-state index contributed by atoms with van der Waals surface area (Å²) in [7, 11) is 0. The maximum Gasteiger partial charge on any atom is 0.168 e. The number of hydrogen-bond donors (Lipinski definition) is 1. The molecular formula is C11H8Cl2N4. The van der Waals surface area contributed by atoms with Crippen LogP contribution in [0, 0.1) is 0 Å². The minimum Gasteiger partial charge on any atom is -0.260 e. The first kappa shape index (κ1) is 11.8. The molecule has 0 aliphatic heterocycles. The molecule has 1 N–H and O–H groups in total. The minimum atomic E-state index is 0.339. The maximum atomic E-state index is 5.96. The van der Waals surface area contributed by atoms with Crippen LogP contribution in [-0.4, -0.2) is 16.4 Å². The number of rotatable bonds is 3. The molecule has 0 spiro atoms. The number of nitrogens with zero attached hydrogens (tertiary/aromatic N) is 3. The Labute approximate surface area is 108 Å². The third kappa shape index (κ3) is 3.41. The van der Waals surface area contributed by atoms with Gasteiger partial charge in [-0.1, -0.05) is 41.4 Å². The summed E-state index contributed by atoms with van der Waals surface area (Å²) in [6.45, 7) is 0. The fourth-order valence-corrected chi connectivity index (χ4v) is 1.41. The molecule has 1 aromatic heterocycles. The first-order valence-corrected chi connectivity index (χ1v) is 5.54. The van der Waals surface area contributed by atoms with Crippen LogP contribution in [0.5, 0.6) is 0 Å². The Balaban J connectivity index is 2.03. The molecule has 17 heavy (non-hydrogen) atoms. The van der Waals surface area contributed by atoms with Crippen molar-refractivity contribution in [3.63, 3.8) is 0 Å². The van der Waals surface area contributed by atoms with E-state index < -0.39 is 0 Å². The van der Waals surface area contributed by atoms with Crippen LogP contribution in [0.25, 0.3) is 0 Å². The molecule has 0 amide bonds. The highest BCUT2D eigenvalue weighted by atomic mass is 35.5. The van der Waals surface area contributed by atoms with E-state index in [2.05, 4.69) is 20.7 Å². The number of benzene rings is 1. The molecule has 1 heterocycles. The van der Waals surface area contributed by atoms with Crippen LogP contribution >= 0.6 is 23.2 Å². The third-order valence-corrected chi connectivity index (χ3v) is 2.47. The summed E-state index contributed by atoms with van der Waals surface area (Å²) in [4.78, 5) is 0. The number of halogens is 2. The predicted molar refractivity (Wildman–Crippen MR) is 69.7 cm³/mol. The van der Waals surface area contributed by atoms with Gasteiger partial charge in [-0.25, -0.2) is 0 Å². The van der Waals surface area contributed by atoms with Crippen LogP contribution in [0.1, 0.15) is 5.56 Å². The summed E-state index contributed by atoms with van der Waals surface area (Å²) in [6.07, 6.45) is 1.61. The highest BCUT2D eigenvalue weighted by molar-refractivity contribution is 6.33. The predicted octanol–water partition coefficient (Wildman–Crippen LogP) is 3.23. The molecule has 4 nitrogen and oxygen atoms in total. The summed E-state index contributed by atoms with van der Waals surface area (Å²) in [5, 5.41) is 12.4. The lowest BCUT2D eigenvalue weighted by Crippen LogP contribution is -1.95. The largest absolute Gasteiger partial charge is 0.260 e. The zero-order chi connectivity index (χ0) is 12.1. The molecule has 2 aromatic rings. The van der Waals surface area contributed by atoms with Gasteiger partial charge >= 0.3 is 0 Å². The second kappa shape index (κ2) is 5.61. The molecule has 86 valence electrons. The van der Waals surface area contributed by atoms with Gasteiger partial charge in [-0.05, 0) is 18.2 Å². The monoisotopic (exact) mass is 266 g/mol. The van der Waals surface area contributed by atoms with E-state index in [9.17, 15) is 0 Å². The van der Waals surface area contributed by atoms with Gasteiger partial charge in [0.05, 0.1) is 6.21 Å². The van der Waals surface area contributed by atoms with Crippen molar-refractivity contribution in [1.29, 1.82) is 0 Å². The number of aromatic nitrogens is 2. The molecule has 6 heteroatoms.